The van der Waals surface area contributed by atoms with E-state index in [1.807, 2.05) is 13.8 Å². The lowest BCUT2D eigenvalue weighted by atomic mass is 9.72. The van der Waals surface area contributed by atoms with Crippen LogP contribution in [0.25, 0.3) is 0 Å². The Morgan fingerprint density at radius 3 is 2.63 bits per heavy atom. The second kappa shape index (κ2) is 9.70. The molecular weight excluding hydrogens is 449 g/mol. The van der Waals surface area contributed by atoms with Crippen LogP contribution in [0, 0.1) is 11.2 Å². The van der Waals surface area contributed by atoms with Crippen molar-refractivity contribution in [2.24, 2.45) is 5.41 Å². The Morgan fingerprint density at radius 1 is 1.26 bits per heavy atom. The molecule has 9 heteroatoms. The molecule has 0 bridgehead atoms. The monoisotopic (exact) mass is 483 g/mol. The van der Waals surface area contributed by atoms with E-state index in [1.54, 1.807) is 11.1 Å². The Labute approximate surface area is 206 Å². The number of carbonyl (C=O) groups is 1. The van der Waals surface area contributed by atoms with Crippen molar-refractivity contribution >= 4 is 11.7 Å². The van der Waals surface area contributed by atoms with Crippen LogP contribution in [-0.4, -0.2) is 83.7 Å². The average molecular weight is 484 g/mol. The number of hydrogen-bond acceptors (Lipinski definition) is 7. The van der Waals surface area contributed by atoms with E-state index < -0.39 is 5.82 Å². The third kappa shape index (κ3) is 4.71. The number of ether oxygens (including phenoxy) is 2. The molecule has 0 radical (unpaired) electrons. The molecule has 0 saturated carbocycles. The predicted octanol–water partition coefficient (Wildman–Crippen LogP) is 3.58. The topological polar surface area (TPSA) is 71.0 Å². The van der Waals surface area contributed by atoms with Gasteiger partial charge in [0.05, 0.1) is 31.0 Å². The number of amides is 1. The van der Waals surface area contributed by atoms with E-state index in [2.05, 4.69) is 26.7 Å². The lowest BCUT2D eigenvalue weighted by Gasteiger charge is -2.54. The van der Waals surface area contributed by atoms with Crippen LogP contribution in [0.4, 0.5) is 10.2 Å². The Kier molecular flexibility index (Phi) is 6.63. The first kappa shape index (κ1) is 23.9. The molecule has 0 N–H and O–H groups in total. The molecule has 3 aliphatic heterocycles. The number of rotatable bonds is 7. The maximum absolute atomic E-state index is 14.2. The molecule has 0 unspecified atom stereocenters. The molecule has 188 valence electrons. The van der Waals surface area contributed by atoms with Gasteiger partial charge < -0.3 is 24.2 Å². The molecule has 2 aromatic rings. The van der Waals surface area contributed by atoms with Crippen molar-refractivity contribution in [2.75, 3.05) is 50.8 Å². The Morgan fingerprint density at radius 2 is 2.00 bits per heavy atom. The van der Waals surface area contributed by atoms with Crippen molar-refractivity contribution in [2.45, 2.75) is 45.7 Å². The minimum absolute atomic E-state index is 0.0226. The zero-order valence-corrected chi connectivity index (χ0v) is 20.7. The second-order valence-electron chi connectivity index (χ2n) is 10.2. The number of hydrogen-bond donors (Lipinski definition) is 0. The van der Waals surface area contributed by atoms with Gasteiger partial charge in [0.15, 0.2) is 11.6 Å². The molecular formula is C26H34FN5O3. The fourth-order valence-corrected chi connectivity index (χ4v) is 5.41. The van der Waals surface area contributed by atoms with E-state index >= 15 is 0 Å². The van der Waals surface area contributed by atoms with Gasteiger partial charge in [0.1, 0.15) is 17.9 Å². The Bertz CT molecular complexity index is 1060. The molecule has 1 aromatic heterocycles. The lowest BCUT2D eigenvalue weighted by molar-refractivity contribution is -0.0623. The Hall–Kier alpha value is -2.78. The first-order valence-corrected chi connectivity index (χ1v) is 12.5. The molecule has 0 aliphatic carbocycles. The Balaban J connectivity index is 1.36. The third-order valence-electron chi connectivity index (χ3n) is 7.57. The van der Waals surface area contributed by atoms with Gasteiger partial charge in [-0.15, -0.1) is 0 Å². The van der Waals surface area contributed by atoms with Gasteiger partial charge in [0, 0.05) is 24.5 Å². The minimum Gasteiger partial charge on any atom is -0.451 e. The van der Waals surface area contributed by atoms with Crippen molar-refractivity contribution in [1.82, 2.24) is 19.8 Å². The highest BCUT2D eigenvalue weighted by Gasteiger charge is 2.46. The summed E-state index contributed by atoms with van der Waals surface area (Å²) < 4.78 is 25.8. The van der Waals surface area contributed by atoms with Gasteiger partial charge in [-0.3, -0.25) is 4.79 Å². The number of anilines is 1. The summed E-state index contributed by atoms with van der Waals surface area (Å²) in [6.07, 6.45) is 5.50. The molecule has 5 rings (SSSR count). The SMILES string of the molecule is CCN1CCC2(CC1)CN(c1ncncc1Oc1ccc(F)cc1C(=O)N(C(C)C)C1COC1)C2. The molecule has 0 atom stereocenters. The molecule has 1 amide bonds. The van der Waals surface area contributed by atoms with Gasteiger partial charge >= 0.3 is 0 Å². The van der Waals surface area contributed by atoms with Gasteiger partial charge in [-0.05, 0) is 64.5 Å². The zero-order chi connectivity index (χ0) is 24.6. The molecule has 3 aliphatic rings. The number of piperidine rings is 1. The average Bonchev–Trinajstić information content (AvgIpc) is 2.80. The van der Waals surface area contributed by atoms with Crippen molar-refractivity contribution in [3.8, 4) is 11.5 Å². The largest absolute Gasteiger partial charge is 0.451 e. The van der Waals surface area contributed by atoms with Gasteiger partial charge in [-0.25, -0.2) is 14.4 Å². The van der Waals surface area contributed by atoms with Crippen LogP contribution in [-0.2, 0) is 4.74 Å². The maximum atomic E-state index is 14.2. The molecule has 4 heterocycles. The molecule has 3 fully saturated rings. The van der Waals surface area contributed by atoms with Crippen LogP contribution < -0.4 is 9.64 Å². The van der Waals surface area contributed by atoms with Crippen LogP contribution in [0.3, 0.4) is 0 Å². The number of carbonyl (C=O) groups excluding carboxylic acids is 1. The summed E-state index contributed by atoms with van der Waals surface area (Å²) in [5.74, 6) is 0.718. The van der Waals surface area contributed by atoms with Crippen molar-refractivity contribution in [1.29, 1.82) is 0 Å². The van der Waals surface area contributed by atoms with Gasteiger partial charge in [0.2, 0.25) is 0 Å². The van der Waals surface area contributed by atoms with Crippen LogP contribution in [0.15, 0.2) is 30.7 Å². The van der Waals surface area contributed by atoms with Crippen molar-refractivity contribution in [3.05, 3.63) is 42.1 Å². The summed E-state index contributed by atoms with van der Waals surface area (Å²) in [5, 5.41) is 0. The standard InChI is InChI=1S/C26H34FN5O3/c1-4-30-9-7-26(8-10-30)15-31(16-26)24-23(12-28-17-29-24)35-22-6-5-19(27)11-21(22)25(33)32(18(2)3)20-13-34-14-20/h5-6,11-12,17-18,20H,4,7-10,13-16H2,1-3H3. The van der Waals surface area contributed by atoms with Crippen LogP contribution in [0.1, 0.15) is 44.0 Å². The summed E-state index contributed by atoms with van der Waals surface area (Å²) in [6.45, 7) is 12.3. The van der Waals surface area contributed by atoms with Gasteiger partial charge in [0.25, 0.3) is 5.91 Å². The molecule has 1 aromatic carbocycles. The minimum atomic E-state index is -0.484. The van der Waals surface area contributed by atoms with Gasteiger partial charge in [-0.2, -0.15) is 0 Å². The van der Waals surface area contributed by atoms with E-state index in [1.165, 1.54) is 37.4 Å². The van der Waals surface area contributed by atoms with E-state index in [-0.39, 0.29) is 23.6 Å². The highest BCUT2D eigenvalue weighted by Crippen LogP contribution is 2.45. The number of halogens is 1. The number of aromatic nitrogens is 2. The summed E-state index contributed by atoms with van der Waals surface area (Å²) in [4.78, 5) is 28.6. The summed E-state index contributed by atoms with van der Waals surface area (Å²) in [6, 6.07) is 3.98. The molecule has 35 heavy (non-hydrogen) atoms. The van der Waals surface area contributed by atoms with Crippen LogP contribution in [0.2, 0.25) is 0 Å². The quantitative estimate of drug-likeness (QED) is 0.596. The van der Waals surface area contributed by atoms with E-state index in [0.717, 1.165) is 32.7 Å². The highest BCUT2D eigenvalue weighted by atomic mass is 19.1. The first-order chi connectivity index (χ1) is 16.9. The summed E-state index contributed by atoms with van der Waals surface area (Å²) >= 11 is 0. The molecule has 8 nitrogen and oxygen atoms in total. The predicted molar refractivity (Wildman–Crippen MR) is 130 cm³/mol. The lowest BCUT2D eigenvalue weighted by Crippen LogP contribution is -2.60. The smallest absolute Gasteiger partial charge is 0.258 e. The maximum Gasteiger partial charge on any atom is 0.258 e. The number of nitrogens with zero attached hydrogens (tertiary/aromatic N) is 5. The van der Waals surface area contributed by atoms with Crippen molar-refractivity contribution in [3.63, 3.8) is 0 Å². The van der Waals surface area contributed by atoms with Gasteiger partial charge in [-0.1, -0.05) is 6.92 Å². The van der Waals surface area contributed by atoms with E-state index in [0.29, 0.717) is 35.9 Å². The summed E-state index contributed by atoms with van der Waals surface area (Å²) in [7, 11) is 0. The molecule has 1 spiro atoms. The van der Waals surface area contributed by atoms with Crippen LogP contribution in [0.5, 0.6) is 11.5 Å². The zero-order valence-electron chi connectivity index (χ0n) is 20.7. The van der Waals surface area contributed by atoms with Crippen molar-refractivity contribution < 1.29 is 18.7 Å². The van der Waals surface area contributed by atoms with E-state index in [9.17, 15) is 9.18 Å². The summed E-state index contributed by atoms with van der Waals surface area (Å²) in [5.41, 5.74) is 0.514. The fourth-order valence-electron chi connectivity index (χ4n) is 5.41. The third-order valence-corrected chi connectivity index (χ3v) is 7.57. The fraction of sp³-hybridized carbons (Fsp3) is 0.577. The second-order valence-corrected chi connectivity index (χ2v) is 10.2. The number of likely N-dealkylation sites (tertiary alicyclic amines) is 1. The highest BCUT2D eigenvalue weighted by molar-refractivity contribution is 5.97. The normalized spacial score (nSPS) is 20.0. The number of benzene rings is 1. The first-order valence-electron chi connectivity index (χ1n) is 12.5. The van der Waals surface area contributed by atoms with E-state index in [4.69, 9.17) is 9.47 Å². The molecule has 3 saturated heterocycles. The van der Waals surface area contributed by atoms with Crippen LogP contribution >= 0.6 is 0 Å².